The van der Waals surface area contributed by atoms with Crippen LogP contribution in [-0.2, 0) is 0 Å². The zero-order valence-corrected chi connectivity index (χ0v) is 6.59. The Labute approximate surface area is 62.4 Å². The molecule has 1 heterocycles. The fourth-order valence-electron chi connectivity index (χ4n) is 2.54. The van der Waals surface area contributed by atoms with Gasteiger partial charge in [-0.1, -0.05) is 0 Å². The molecule has 0 aromatic rings. The number of rotatable bonds is 1. The van der Waals surface area contributed by atoms with Crippen LogP contribution in [-0.4, -0.2) is 31.6 Å². The van der Waals surface area contributed by atoms with Crippen LogP contribution in [0.2, 0.25) is 0 Å². The molecule has 10 heavy (non-hydrogen) atoms. The van der Waals surface area contributed by atoms with Crippen molar-refractivity contribution in [2.45, 2.75) is 6.42 Å². The monoisotopic (exact) mass is 140 g/mol. The quantitative estimate of drug-likeness (QED) is 0.561. The maximum Gasteiger partial charge on any atom is 0.00130 e. The number of hydrogen-bond acceptors (Lipinski definition) is 2. The van der Waals surface area contributed by atoms with Crippen molar-refractivity contribution in [3.05, 3.63) is 0 Å². The second-order valence-electron chi connectivity index (χ2n) is 3.88. The van der Waals surface area contributed by atoms with Gasteiger partial charge in [0.05, 0.1) is 0 Å². The Morgan fingerprint density at radius 3 is 2.90 bits per heavy atom. The minimum atomic E-state index is 0.856. The highest BCUT2D eigenvalue weighted by atomic mass is 15.1. The Bertz CT molecular complexity index is 131. The highest BCUT2D eigenvalue weighted by Crippen LogP contribution is 2.44. The number of hydrogen-bond donors (Lipinski definition) is 1. The lowest BCUT2D eigenvalue weighted by molar-refractivity contribution is 0.129. The molecule has 3 unspecified atom stereocenters. The van der Waals surface area contributed by atoms with Crippen molar-refractivity contribution >= 4 is 0 Å². The molecule has 2 rings (SSSR count). The Balaban J connectivity index is 1.93. The Morgan fingerprint density at radius 1 is 1.50 bits per heavy atom. The lowest BCUT2D eigenvalue weighted by atomic mass is 9.67. The Kier molecular flexibility index (Phi) is 1.46. The topological polar surface area (TPSA) is 29.3 Å². The predicted molar refractivity (Wildman–Crippen MR) is 41.6 cm³/mol. The molecule has 1 saturated heterocycles. The van der Waals surface area contributed by atoms with Gasteiger partial charge in [-0.3, -0.25) is 0 Å². The number of fused-ring (bicyclic) bond motifs is 1. The molecule has 0 bridgehead atoms. The molecule has 58 valence electrons. The van der Waals surface area contributed by atoms with Gasteiger partial charge in [-0.15, -0.1) is 0 Å². The van der Waals surface area contributed by atoms with E-state index < -0.39 is 0 Å². The molecule has 1 saturated carbocycles. The summed E-state index contributed by atoms with van der Waals surface area (Å²) in [5, 5.41) is 0. The number of nitrogens with two attached hydrogens (primary N) is 1. The summed E-state index contributed by atoms with van der Waals surface area (Å²) in [5.41, 5.74) is 5.62. The third-order valence-electron chi connectivity index (χ3n) is 3.19. The van der Waals surface area contributed by atoms with Crippen molar-refractivity contribution in [2.75, 3.05) is 26.7 Å². The third-order valence-corrected chi connectivity index (χ3v) is 3.19. The average molecular weight is 140 g/mol. The van der Waals surface area contributed by atoms with Gasteiger partial charge < -0.3 is 10.6 Å². The zero-order chi connectivity index (χ0) is 7.14. The summed E-state index contributed by atoms with van der Waals surface area (Å²) in [6.45, 7) is 3.53. The fraction of sp³-hybridized carbons (Fsp3) is 1.00. The molecular weight excluding hydrogens is 124 g/mol. The van der Waals surface area contributed by atoms with Crippen molar-refractivity contribution in [3.63, 3.8) is 0 Å². The third kappa shape index (κ3) is 0.789. The molecule has 0 aromatic carbocycles. The summed E-state index contributed by atoms with van der Waals surface area (Å²) in [4.78, 5) is 2.44. The molecule has 1 aliphatic heterocycles. The van der Waals surface area contributed by atoms with Crippen LogP contribution in [0.5, 0.6) is 0 Å². The van der Waals surface area contributed by atoms with E-state index in [-0.39, 0.29) is 0 Å². The normalized spacial score (nSPS) is 46.8. The molecule has 1 aliphatic carbocycles. The van der Waals surface area contributed by atoms with Crippen LogP contribution >= 0.6 is 0 Å². The molecule has 0 spiro atoms. The molecule has 0 radical (unpaired) electrons. The van der Waals surface area contributed by atoms with Crippen molar-refractivity contribution in [1.82, 2.24) is 4.90 Å². The van der Waals surface area contributed by atoms with E-state index in [1.54, 1.807) is 0 Å². The maximum absolute atomic E-state index is 5.62. The van der Waals surface area contributed by atoms with Crippen LogP contribution in [0.15, 0.2) is 0 Å². The first kappa shape index (κ1) is 6.62. The van der Waals surface area contributed by atoms with Crippen LogP contribution in [0, 0.1) is 17.8 Å². The van der Waals surface area contributed by atoms with E-state index in [9.17, 15) is 0 Å². The SMILES string of the molecule is CN1CC2CC(CN)C2C1. The molecule has 2 fully saturated rings. The standard InChI is InChI=1S/C8H16N2/c1-10-4-7-2-6(3-9)8(7)5-10/h6-8H,2-5,9H2,1H3. The van der Waals surface area contributed by atoms with Crippen LogP contribution in [0.25, 0.3) is 0 Å². The van der Waals surface area contributed by atoms with Crippen LogP contribution in [0.1, 0.15) is 6.42 Å². The van der Waals surface area contributed by atoms with Crippen LogP contribution in [0.3, 0.4) is 0 Å². The van der Waals surface area contributed by atoms with Crippen LogP contribution < -0.4 is 5.73 Å². The van der Waals surface area contributed by atoms with Gasteiger partial charge in [0.15, 0.2) is 0 Å². The number of nitrogens with zero attached hydrogens (tertiary/aromatic N) is 1. The minimum Gasteiger partial charge on any atom is -0.330 e. The molecular formula is C8H16N2. The molecule has 0 amide bonds. The molecule has 2 aliphatic rings. The molecule has 0 aromatic heterocycles. The van der Waals surface area contributed by atoms with Gasteiger partial charge in [-0.2, -0.15) is 0 Å². The summed E-state index contributed by atoms with van der Waals surface area (Å²) >= 11 is 0. The van der Waals surface area contributed by atoms with Crippen molar-refractivity contribution in [1.29, 1.82) is 0 Å². The van der Waals surface area contributed by atoms with Crippen molar-refractivity contribution in [3.8, 4) is 0 Å². The second-order valence-corrected chi connectivity index (χ2v) is 3.88. The van der Waals surface area contributed by atoms with Gasteiger partial charge in [0.25, 0.3) is 0 Å². The lowest BCUT2D eigenvalue weighted by Crippen LogP contribution is -2.39. The molecule has 2 heteroatoms. The minimum absolute atomic E-state index is 0.856. The molecule has 3 atom stereocenters. The molecule has 2 nitrogen and oxygen atoms in total. The van der Waals surface area contributed by atoms with Gasteiger partial charge in [0.2, 0.25) is 0 Å². The van der Waals surface area contributed by atoms with Crippen LogP contribution in [0.4, 0.5) is 0 Å². The summed E-state index contributed by atoms with van der Waals surface area (Å²) in [6, 6.07) is 0. The van der Waals surface area contributed by atoms with E-state index in [0.29, 0.717) is 0 Å². The summed E-state index contributed by atoms with van der Waals surface area (Å²) in [5.74, 6) is 2.81. The van der Waals surface area contributed by atoms with Crippen molar-refractivity contribution < 1.29 is 0 Å². The fourth-order valence-corrected chi connectivity index (χ4v) is 2.54. The van der Waals surface area contributed by atoms with Gasteiger partial charge in [-0.05, 0) is 37.8 Å². The highest BCUT2D eigenvalue weighted by molar-refractivity contribution is 4.96. The maximum atomic E-state index is 5.62. The van der Waals surface area contributed by atoms with Crippen molar-refractivity contribution in [2.24, 2.45) is 23.5 Å². The van der Waals surface area contributed by atoms with E-state index in [2.05, 4.69) is 11.9 Å². The van der Waals surface area contributed by atoms with E-state index in [1.807, 2.05) is 0 Å². The first-order valence-corrected chi connectivity index (χ1v) is 4.20. The Hall–Kier alpha value is -0.0800. The average Bonchev–Trinajstić information content (AvgIpc) is 2.15. The van der Waals surface area contributed by atoms with Gasteiger partial charge in [0.1, 0.15) is 0 Å². The summed E-state index contributed by atoms with van der Waals surface area (Å²) < 4.78 is 0. The predicted octanol–water partition coefficient (Wildman–Crippen LogP) is 0.143. The number of likely N-dealkylation sites (tertiary alicyclic amines) is 1. The first-order valence-electron chi connectivity index (χ1n) is 4.20. The second kappa shape index (κ2) is 2.21. The van der Waals surface area contributed by atoms with Gasteiger partial charge in [-0.25, -0.2) is 0 Å². The largest absolute Gasteiger partial charge is 0.330 e. The molecule has 2 N–H and O–H groups in total. The van der Waals surface area contributed by atoms with E-state index in [4.69, 9.17) is 5.73 Å². The summed E-state index contributed by atoms with van der Waals surface area (Å²) in [6.07, 6.45) is 1.39. The van der Waals surface area contributed by atoms with E-state index >= 15 is 0 Å². The summed E-state index contributed by atoms with van der Waals surface area (Å²) in [7, 11) is 2.21. The smallest absolute Gasteiger partial charge is 0.00130 e. The highest BCUT2D eigenvalue weighted by Gasteiger charge is 2.44. The van der Waals surface area contributed by atoms with E-state index in [0.717, 1.165) is 24.3 Å². The zero-order valence-electron chi connectivity index (χ0n) is 6.59. The van der Waals surface area contributed by atoms with Gasteiger partial charge >= 0.3 is 0 Å². The first-order chi connectivity index (χ1) is 4.81. The lowest BCUT2D eigenvalue weighted by Gasteiger charge is -2.38. The van der Waals surface area contributed by atoms with E-state index in [1.165, 1.54) is 19.5 Å². The van der Waals surface area contributed by atoms with Gasteiger partial charge in [0, 0.05) is 13.1 Å². The Morgan fingerprint density at radius 2 is 2.30 bits per heavy atom.